The second kappa shape index (κ2) is 9.90. The Labute approximate surface area is 166 Å². The molecule has 0 atom stereocenters. The molecule has 1 aliphatic rings. The van der Waals surface area contributed by atoms with E-state index in [4.69, 9.17) is 11.6 Å². The maximum atomic E-state index is 12.3. The highest BCUT2D eigenvalue weighted by Gasteiger charge is 2.21. The van der Waals surface area contributed by atoms with Crippen molar-refractivity contribution >= 4 is 17.5 Å². The molecule has 0 saturated carbocycles. The first kappa shape index (κ1) is 19.9. The van der Waals surface area contributed by atoms with Crippen LogP contribution >= 0.6 is 11.6 Å². The van der Waals surface area contributed by atoms with E-state index in [-0.39, 0.29) is 5.91 Å². The molecule has 1 saturated heterocycles. The molecule has 146 valence electrons. The zero-order valence-corrected chi connectivity index (χ0v) is 16.8. The number of carbonyl (C=O) groups is 1. The lowest BCUT2D eigenvalue weighted by atomic mass is 9.95. The van der Waals surface area contributed by atoms with Crippen molar-refractivity contribution in [1.29, 1.82) is 0 Å². The molecule has 0 spiro atoms. The van der Waals surface area contributed by atoms with Crippen LogP contribution in [0.15, 0.2) is 36.7 Å². The van der Waals surface area contributed by atoms with Crippen LogP contribution in [0.1, 0.15) is 30.4 Å². The Morgan fingerprint density at radius 2 is 1.96 bits per heavy atom. The van der Waals surface area contributed by atoms with E-state index in [0.29, 0.717) is 12.3 Å². The van der Waals surface area contributed by atoms with Crippen molar-refractivity contribution in [2.75, 3.05) is 33.2 Å². The average Bonchev–Trinajstić information content (AvgIpc) is 3.20. The number of carbonyl (C=O) groups excluding carboxylic acids is 1. The fraction of sp³-hybridized carbons (Fsp3) is 0.524. The lowest BCUT2D eigenvalue weighted by Gasteiger charge is -2.34. The largest absolute Gasteiger partial charge is 0.345 e. The number of aromatic amines is 1. The SMILES string of the molecule is CN(CC1CCN(CCc2ccc(Cl)cc2)CC1)C(=O)CCc1cn[nH]c1. The summed E-state index contributed by atoms with van der Waals surface area (Å²) in [4.78, 5) is 16.8. The fourth-order valence-electron chi connectivity index (χ4n) is 3.68. The predicted octanol–water partition coefficient (Wildman–Crippen LogP) is 3.41. The van der Waals surface area contributed by atoms with Crippen LogP contribution in [0.3, 0.4) is 0 Å². The molecule has 27 heavy (non-hydrogen) atoms. The number of H-pyrrole nitrogens is 1. The zero-order chi connectivity index (χ0) is 19.1. The Morgan fingerprint density at radius 1 is 1.22 bits per heavy atom. The minimum absolute atomic E-state index is 0.223. The van der Waals surface area contributed by atoms with E-state index in [1.165, 1.54) is 18.4 Å². The van der Waals surface area contributed by atoms with Gasteiger partial charge < -0.3 is 9.80 Å². The van der Waals surface area contributed by atoms with E-state index in [0.717, 1.165) is 49.6 Å². The summed E-state index contributed by atoms with van der Waals surface area (Å²) in [6.45, 7) is 4.20. The second-order valence-corrected chi connectivity index (χ2v) is 7.98. The van der Waals surface area contributed by atoms with Crippen LogP contribution in [0.2, 0.25) is 5.02 Å². The van der Waals surface area contributed by atoms with Crippen molar-refractivity contribution < 1.29 is 4.79 Å². The summed E-state index contributed by atoms with van der Waals surface area (Å²) in [6.07, 6.45) is 8.34. The van der Waals surface area contributed by atoms with Gasteiger partial charge in [0.25, 0.3) is 0 Å². The maximum absolute atomic E-state index is 12.3. The number of nitrogens with zero attached hydrogens (tertiary/aromatic N) is 3. The highest BCUT2D eigenvalue weighted by molar-refractivity contribution is 6.30. The number of hydrogen-bond donors (Lipinski definition) is 1. The first-order valence-electron chi connectivity index (χ1n) is 9.78. The van der Waals surface area contributed by atoms with Crippen LogP contribution in [-0.4, -0.2) is 59.1 Å². The summed E-state index contributed by atoms with van der Waals surface area (Å²) >= 11 is 5.94. The van der Waals surface area contributed by atoms with Gasteiger partial charge in [0.2, 0.25) is 5.91 Å². The van der Waals surface area contributed by atoms with Gasteiger partial charge in [0.15, 0.2) is 0 Å². The van der Waals surface area contributed by atoms with E-state index in [2.05, 4.69) is 27.2 Å². The van der Waals surface area contributed by atoms with E-state index < -0.39 is 0 Å². The van der Waals surface area contributed by atoms with E-state index in [1.807, 2.05) is 30.3 Å². The summed E-state index contributed by atoms with van der Waals surface area (Å²) < 4.78 is 0. The number of hydrogen-bond acceptors (Lipinski definition) is 3. The van der Waals surface area contributed by atoms with Gasteiger partial charge in [0.05, 0.1) is 6.20 Å². The van der Waals surface area contributed by atoms with Gasteiger partial charge in [-0.1, -0.05) is 23.7 Å². The third kappa shape index (κ3) is 6.36. The normalized spacial score (nSPS) is 15.8. The predicted molar refractivity (Wildman–Crippen MR) is 109 cm³/mol. The van der Waals surface area contributed by atoms with Crippen molar-refractivity contribution in [2.24, 2.45) is 5.92 Å². The first-order valence-corrected chi connectivity index (χ1v) is 10.2. The number of halogens is 1. The van der Waals surface area contributed by atoms with Crippen molar-refractivity contribution in [3.8, 4) is 0 Å². The number of aromatic nitrogens is 2. The standard InChI is InChI=1S/C21H29ClN4O/c1-25(21(27)7-4-19-14-23-24-15-19)16-18-9-12-26(13-10-18)11-8-17-2-5-20(22)6-3-17/h2-3,5-6,14-15,18H,4,7-13,16H2,1H3,(H,23,24). The number of likely N-dealkylation sites (tertiary alicyclic amines) is 1. The van der Waals surface area contributed by atoms with Crippen molar-refractivity contribution in [3.63, 3.8) is 0 Å². The fourth-order valence-corrected chi connectivity index (χ4v) is 3.80. The van der Waals surface area contributed by atoms with Crippen LogP contribution in [-0.2, 0) is 17.6 Å². The van der Waals surface area contributed by atoms with Crippen molar-refractivity contribution in [1.82, 2.24) is 20.0 Å². The molecule has 0 radical (unpaired) electrons. The molecule has 3 rings (SSSR count). The van der Waals surface area contributed by atoms with E-state index >= 15 is 0 Å². The third-order valence-corrected chi connectivity index (χ3v) is 5.73. The van der Waals surface area contributed by atoms with Gasteiger partial charge in [-0.05, 0) is 68.0 Å². The molecule has 2 aromatic rings. The molecule has 5 nitrogen and oxygen atoms in total. The maximum Gasteiger partial charge on any atom is 0.222 e. The molecule has 6 heteroatoms. The lowest BCUT2D eigenvalue weighted by molar-refractivity contribution is -0.130. The topological polar surface area (TPSA) is 52.2 Å². The molecular formula is C21H29ClN4O. The molecule has 1 aromatic heterocycles. The Bertz CT molecular complexity index is 693. The summed E-state index contributed by atoms with van der Waals surface area (Å²) in [5.74, 6) is 0.834. The molecular weight excluding hydrogens is 360 g/mol. The number of amides is 1. The van der Waals surface area contributed by atoms with Gasteiger partial charge in [-0.3, -0.25) is 9.89 Å². The average molecular weight is 389 g/mol. The molecule has 0 bridgehead atoms. The Balaban J connectivity index is 1.33. The number of aryl methyl sites for hydroxylation is 1. The number of piperidine rings is 1. The van der Waals surface area contributed by atoms with Gasteiger partial charge in [0.1, 0.15) is 0 Å². The van der Waals surface area contributed by atoms with Crippen molar-refractivity contribution in [3.05, 3.63) is 52.8 Å². The van der Waals surface area contributed by atoms with E-state index in [1.54, 1.807) is 6.20 Å². The van der Waals surface area contributed by atoms with Gasteiger partial charge in [-0.2, -0.15) is 5.10 Å². The molecule has 1 aliphatic heterocycles. The smallest absolute Gasteiger partial charge is 0.222 e. The quantitative estimate of drug-likeness (QED) is 0.753. The molecule has 0 unspecified atom stereocenters. The van der Waals surface area contributed by atoms with Crippen LogP contribution < -0.4 is 0 Å². The zero-order valence-electron chi connectivity index (χ0n) is 16.0. The van der Waals surface area contributed by atoms with Crippen LogP contribution in [0, 0.1) is 5.92 Å². The second-order valence-electron chi connectivity index (χ2n) is 7.54. The minimum atomic E-state index is 0.223. The van der Waals surface area contributed by atoms with Gasteiger partial charge in [0, 0.05) is 37.8 Å². The number of rotatable bonds is 8. The van der Waals surface area contributed by atoms with Crippen LogP contribution in [0.25, 0.3) is 0 Å². The Kier molecular flexibility index (Phi) is 7.30. The van der Waals surface area contributed by atoms with Gasteiger partial charge in [-0.15, -0.1) is 0 Å². The molecule has 1 amide bonds. The molecule has 1 aromatic carbocycles. The lowest BCUT2D eigenvalue weighted by Crippen LogP contribution is -2.40. The van der Waals surface area contributed by atoms with Crippen LogP contribution in [0.4, 0.5) is 0 Å². The number of benzene rings is 1. The highest BCUT2D eigenvalue weighted by Crippen LogP contribution is 2.19. The summed E-state index contributed by atoms with van der Waals surface area (Å²) in [5, 5.41) is 7.51. The molecule has 1 fully saturated rings. The Hall–Kier alpha value is -1.85. The molecule has 1 N–H and O–H groups in total. The van der Waals surface area contributed by atoms with Crippen LogP contribution in [0.5, 0.6) is 0 Å². The summed E-state index contributed by atoms with van der Waals surface area (Å²) in [6, 6.07) is 8.14. The van der Waals surface area contributed by atoms with Gasteiger partial charge >= 0.3 is 0 Å². The Morgan fingerprint density at radius 3 is 2.63 bits per heavy atom. The molecule has 2 heterocycles. The highest BCUT2D eigenvalue weighted by atomic mass is 35.5. The third-order valence-electron chi connectivity index (χ3n) is 5.48. The monoisotopic (exact) mass is 388 g/mol. The minimum Gasteiger partial charge on any atom is -0.345 e. The summed E-state index contributed by atoms with van der Waals surface area (Å²) in [7, 11) is 1.94. The van der Waals surface area contributed by atoms with E-state index in [9.17, 15) is 4.79 Å². The number of nitrogens with one attached hydrogen (secondary N) is 1. The summed E-state index contributed by atoms with van der Waals surface area (Å²) in [5.41, 5.74) is 2.43. The van der Waals surface area contributed by atoms with Gasteiger partial charge in [-0.25, -0.2) is 0 Å². The first-order chi connectivity index (χ1) is 13.1. The van der Waals surface area contributed by atoms with Crippen molar-refractivity contribution in [2.45, 2.75) is 32.1 Å². The molecule has 0 aliphatic carbocycles.